The van der Waals surface area contributed by atoms with E-state index < -0.39 is 42.2 Å². The van der Waals surface area contributed by atoms with Crippen LogP contribution < -0.4 is 4.74 Å². The van der Waals surface area contributed by atoms with Crippen LogP contribution in [0.1, 0.15) is 47.4 Å². The topological polar surface area (TPSA) is 107 Å². The first-order chi connectivity index (χ1) is 20.0. The standard InChI is InChI=1S/C32H29Cl2NO7/c1-15(2)11-25(35-29(37)27-19-8-9-20(22-13-21(19)22)28(27)30(35)38)32(40)41-14-26(36)16-3-6-18(7-4-16)42-31(39)17-5-10-23(33)24(34)12-17/h3-10,12,15,19-22,25,27-28H,11,13-14H2,1-2H3. The largest absolute Gasteiger partial charge is 0.456 e. The molecule has 0 spiro atoms. The maximum Gasteiger partial charge on any atom is 0.343 e. The zero-order valence-corrected chi connectivity index (χ0v) is 24.5. The highest BCUT2D eigenvalue weighted by Gasteiger charge is 2.68. The molecule has 2 bridgehead atoms. The third-order valence-corrected chi connectivity index (χ3v) is 9.60. The number of carbonyl (C=O) groups is 5. The number of nitrogens with zero attached hydrogens (tertiary/aromatic N) is 1. The number of rotatable bonds is 9. The molecule has 1 heterocycles. The molecule has 42 heavy (non-hydrogen) atoms. The third-order valence-electron chi connectivity index (χ3n) is 8.86. The van der Waals surface area contributed by atoms with E-state index in [1.165, 1.54) is 42.5 Å². The summed E-state index contributed by atoms with van der Waals surface area (Å²) in [6.45, 7) is 3.25. The molecule has 4 aliphatic carbocycles. The van der Waals surface area contributed by atoms with Crippen LogP contribution in [0.3, 0.4) is 0 Å². The molecule has 8 nitrogen and oxygen atoms in total. The highest BCUT2D eigenvalue weighted by molar-refractivity contribution is 6.42. The summed E-state index contributed by atoms with van der Waals surface area (Å²) in [7, 11) is 0. The number of Topliss-reactive ketones (excluding diaryl/α,β-unsaturated/α-hetero) is 1. The van der Waals surface area contributed by atoms with Crippen LogP contribution in [-0.2, 0) is 19.1 Å². The van der Waals surface area contributed by atoms with E-state index >= 15 is 0 Å². The summed E-state index contributed by atoms with van der Waals surface area (Å²) in [6.07, 6.45) is 5.47. The highest BCUT2D eigenvalue weighted by Crippen LogP contribution is 2.65. The molecular weight excluding hydrogens is 581 g/mol. The zero-order valence-electron chi connectivity index (χ0n) is 23.0. The average Bonchev–Trinajstić information content (AvgIpc) is 3.75. The Morgan fingerprint density at radius 2 is 1.48 bits per heavy atom. The van der Waals surface area contributed by atoms with Crippen molar-refractivity contribution in [3.8, 4) is 5.75 Å². The summed E-state index contributed by atoms with van der Waals surface area (Å²) in [5.74, 6) is -2.10. The van der Waals surface area contributed by atoms with Gasteiger partial charge in [-0.1, -0.05) is 49.2 Å². The Morgan fingerprint density at radius 3 is 2.05 bits per heavy atom. The zero-order chi connectivity index (χ0) is 29.9. The van der Waals surface area contributed by atoms with E-state index in [4.69, 9.17) is 32.7 Å². The molecule has 7 unspecified atom stereocenters. The number of hydrogen-bond donors (Lipinski definition) is 0. The van der Waals surface area contributed by atoms with Crippen molar-refractivity contribution < 1.29 is 33.4 Å². The van der Waals surface area contributed by atoms with Gasteiger partial charge >= 0.3 is 11.9 Å². The lowest BCUT2D eigenvalue weighted by Gasteiger charge is -2.37. The van der Waals surface area contributed by atoms with Gasteiger partial charge in [0.15, 0.2) is 12.4 Å². The van der Waals surface area contributed by atoms with Gasteiger partial charge in [0.05, 0.1) is 27.4 Å². The van der Waals surface area contributed by atoms with Gasteiger partial charge in [-0.25, -0.2) is 9.59 Å². The number of esters is 2. The monoisotopic (exact) mass is 609 g/mol. The summed E-state index contributed by atoms with van der Waals surface area (Å²) in [5, 5.41) is 0.527. The summed E-state index contributed by atoms with van der Waals surface area (Å²) in [4.78, 5) is 66.8. The van der Waals surface area contributed by atoms with E-state index in [1.54, 1.807) is 0 Å². The molecule has 0 N–H and O–H groups in total. The summed E-state index contributed by atoms with van der Waals surface area (Å²) < 4.78 is 10.7. The molecule has 2 amide bonds. The van der Waals surface area contributed by atoms with Gasteiger partial charge in [0, 0.05) is 5.56 Å². The van der Waals surface area contributed by atoms with Crippen molar-refractivity contribution in [3.05, 3.63) is 75.8 Å². The molecule has 7 atom stereocenters. The van der Waals surface area contributed by atoms with E-state index in [-0.39, 0.29) is 57.9 Å². The number of benzene rings is 2. The lowest BCUT2D eigenvalue weighted by Crippen LogP contribution is -2.47. The Kier molecular flexibility index (Phi) is 7.48. The van der Waals surface area contributed by atoms with Crippen molar-refractivity contribution in [1.82, 2.24) is 4.90 Å². The Balaban J connectivity index is 1.09. The first kappa shape index (κ1) is 28.6. The Morgan fingerprint density at radius 1 is 0.881 bits per heavy atom. The molecular formula is C32H29Cl2NO7. The SMILES string of the molecule is CC(C)CC(C(=O)OCC(=O)c1ccc(OC(=O)c2ccc(Cl)c(Cl)c2)cc1)N1C(=O)C2C3C=CC(C4CC34)C2C1=O. The van der Waals surface area contributed by atoms with Crippen LogP contribution in [-0.4, -0.2) is 47.1 Å². The highest BCUT2D eigenvalue weighted by atomic mass is 35.5. The number of likely N-dealkylation sites (tertiary alicyclic amines) is 1. The average molecular weight is 610 g/mol. The van der Waals surface area contributed by atoms with Gasteiger partial charge in [-0.15, -0.1) is 0 Å². The quantitative estimate of drug-likeness (QED) is 0.123. The second-order valence-electron chi connectivity index (χ2n) is 11.9. The lowest BCUT2D eigenvalue weighted by molar-refractivity contribution is -0.159. The summed E-state index contributed by atoms with van der Waals surface area (Å²) >= 11 is 11.8. The minimum Gasteiger partial charge on any atom is -0.456 e. The molecule has 1 aliphatic heterocycles. The molecule has 0 radical (unpaired) electrons. The van der Waals surface area contributed by atoms with Crippen LogP contribution in [0, 0.1) is 41.4 Å². The number of halogens is 2. The first-order valence-corrected chi connectivity index (χ1v) is 14.8. The molecule has 3 fully saturated rings. The predicted octanol–water partition coefficient (Wildman–Crippen LogP) is 5.41. The van der Waals surface area contributed by atoms with Crippen molar-refractivity contribution in [2.75, 3.05) is 6.61 Å². The molecule has 0 aromatic heterocycles. The maximum absolute atomic E-state index is 13.6. The molecule has 2 aromatic carbocycles. The van der Waals surface area contributed by atoms with Crippen molar-refractivity contribution in [2.45, 2.75) is 32.7 Å². The lowest BCUT2D eigenvalue weighted by atomic mass is 9.63. The van der Waals surface area contributed by atoms with E-state index in [0.717, 1.165) is 11.3 Å². The van der Waals surface area contributed by atoms with Gasteiger partial charge in [-0.2, -0.15) is 0 Å². The number of imide groups is 1. The van der Waals surface area contributed by atoms with Crippen LogP contribution in [0.15, 0.2) is 54.6 Å². The van der Waals surface area contributed by atoms with Crippen molar-refractivity contribution in [3.63, 3.8) is 0 Å². The van der Waals surface area contributed by atoms with E-state index in [1.807, 2.05) is 13.8 Å². The van der Waals surface area contributed by atoms with E-state index in [2.05, 4.69) is 12.2 Å². The molecule has 2 aromatic rings. The van der Waals surface area contributed by atoms with Crippen LogP contribution in [0.25, 0.3) is 0 Å². The second-order valence-corrected chi connectivity index (χ2v) is 12.7. The third kappa shape index (κ3) is 5.05. The van der Waals surface area contributed by atoms with Gasteiger partial charge in [0.1, 0.15) is 11.8 Å². The smallest absolute Gasteiger partial charge is 0.343 e. The predicted molar refractivity (Wildman–Crippen MR) is 153 cm³/mol. The minimum atomic E-state index is -1.08. The Hall–Kier alpha value is -3.49. The van der Waals surface area contributed by atoms with Crippen molar-refractivity contribution >= 4 is 52.7 Å². The number of amides is 2. The summed E-state index contributed by atoms with van der Waals surface area (Å²) in [6, 6.07) is 9.08. The Labute approximate surface area is 252 Å². The normalized spacial score (nSPS) is 27.5. The van der Waals surface area contributed by atoms with Gasteiger partial charge < -0.3 is 9.47 Å². The molecule has 7 rings (SSSR count). The second kappa shape index (κ2) is 11.0. The number of allylic oxidation sites excluding steroid dienone is 2. The Bertz CT molecular complexity index is 1480. The molecule has 10 heteroatoms. The van der Waals surface area contributed by atoms with Gasteiger partial charge in [-0.05, 0) is 84.9 Å². The molecule has 1 saturated heterocycles. The molecule has 218 valence electrons. The van der Waals surface area contributed by atoms with Crippen molar-refractivity contribution in [2.24, 2.45) is 41.4 Å². The fourth-order valence-corrected chi connectivity index (χ4v) is 7.15. The fraction of sp³-hybridized carbons (Fsp3) is 0.406. The molecule has 5 aliphatic rings. The van der Waals surface area contributed by atoms with E-state index in [9.17, 15) is 24.0 Å². The van der Waals surface area contributed by atoms with Crippen LogP contribution in [0.4, 0.5) is 0 Å². The van der Waals surface area contributed by atoms with E-state index in [0.29, 0.717) is 16.9 Å². The first-order valence-electron chi connectivity index (χ1n) is 14.1. The number of ketones is 1. The number of carbonyl (C=O) groups excluding carboxylic acids is 5. The van der Waals surface area contributed by atoms with Crippen LogP contribution in [0.5, 0.6) is 5.75 Å². The maximum atomic E-state index is 13.6. The van der Waals surface area contributed by atoms with Crippen molar-refractivity contribution in [1.29, 1.82) is 0 Å². The van der Waals surface area contributed by atoms with Crippen LogP contribution in [0.2, 0.25) is 10.0 Å². The van der Waals surface area contributed by atoms with Gasteiger partial charge in [0.2, 0.25) is 11.8 Å². The molecule has 2 saturated carbocycles. The van der Waals surface area contributed by atoms with Crippen LogP contribution >= 0.6 is 23.2 Å². The fourth-order valence-electron chi connectivity index (χ4n) is 6.85. The van der Waals surface area contributed by atoms with Gasteiger partial charge in [0.25, 0.3) is 0 Å². The van der Waals surface area contributed by atoms with Gasteiger partial charge in [-0.3, -0.25) is 19.3 Å². The number of hydrogen-bond acceptors (Lipinski definition) is 7. The number of ether oxygens (including phenoxy) is 2. The minimum absolute atomic E-state index is 0.00359. The summed E-state index contributed by atoms with van der Waals surface area (Å²) in [5.41, 5.74) is 0.445.